The van der Waals surface area contributed by atoms with E-state index in [1.165, 1.54) is 0 Å². The zero-order valence-corrected chi connectivity index (χ0v) is 14.0. The van der Waals surface area contributed by atoms with Gasteiger partial charge in [-0.15, -0.1) is 0 Å². The van der Waals surface area contributed by atoms with Gasteiger partial charge in [-0.25, -0.2) is 4.39 Å². The topological polar surface area (TPSA) is 39.1 Å². The van der Waals surface area contributed by atoms with Crippen LogP contribution in [-0.2, 0) is 0 Å². The number of nitrogens with zero attached hydrogens (tertiary/aromatic N) is 2. The third-order valence-electron chi connectivity index (χ3n) is 2.90. The van der Waals surface area contributed by atoms with Crippen molar-refractivity contribution in [1.29, 1.82) is 5.26 Å². The molecule has 110 valence electrons. The molecule has 0 saturated heterocycles. The third kappa shape index (κ3) is 4.77. The Morgan fingerprint density at radius 1 is 1.40 bits per heavy atom. The number of benzene rings is 1. The maximum absolute atomic E-state index is 14.2. The molecule has 0 spiro atoms. The maximum atomic E-state index is 14.2. The molecule has 1 atom stereocenters. The summed E-state index contributed by atoms with van der Waals surface area (Å²) in [7, 11) is 4.00. The van der Waals surface area contributed by atoms with Crippen LogP contribution in [0.1, 0.15) is 25.8 Å². The van der Waals surface area contributed by atoms with E-state index in [9.17, 15) is 4.39 Å². The van der Waals surface area contributed by atoms with Crippen LogP contribution in [0.2, 0.25) is 0 Å². The highest BCUT2D eigenvalue weighted by Crippen LogP contribution is 2.27. The van der Waals surface area contributed by atoms with Crippen molar-refractivity contribution in [1.82, 2.24) is 4.90 Å². The second-order valence-electron chi connectivity index (χ2n) is 5.63. The zero-order valence-electron chi connectivity index (χ0n) is 12.4. The van der Waals surface area contributed by atoms with Crippen LogP contribution in [0.3, 0.4) is 0 Å². The molecule has 1 aromatic carbocycles. The van der Waals surface area contributed by atoms with Crippen molar-refractivity contribution in [3.63, 3.8) is 0 Å². The van der Waals surface area contributed by atoms with E-state index in [2.05, 4.69) is 40.0 Å². The van der Waals surface area contributed by atoms with E-state index in [-0.39, 0.29) is 10.5 Å². The molecule has 20 heavy (non-hydrogen) atoms. The van der Waals surface area contributed by atoms with E-state index in [1.807, 2.05) is 20.2 Å². The Morgan fingerprint density at radius 3 is 2.55 bits per heavy atom. The first kappa shape index (κ1) is 16.9. The summed E-state index contributed by atoms with van der Waals surface area (Å²) in [5.41, 5.74) is 0.740. The highest BCUT2D eigenvalue weighted by atomic mass is 79.9. The molecule has 1 N–H and O–H groups in total. The Labute approximate surface area is 128 Å². The SMILES string of the molecule is CC(C)CC(CN(C)C)Nc1ccc(C#N)c(Br)c1F. The largest absolute Gasteiger partial charge is 0.379 e. The number of halogens is 2. The lowest BCUT2D eigenvalue weighted by atomic mass is 10.0. The highest BCUT2D eigenvalue weighted by molar-refractivity contribution is 9.10. The lowest BCUT2D eigenvalue weighted by molar-refractivity contribution is 0.356. The van der Waals surface area contributed by atoms with Gasteiger partial charge in [0.1, 0.15) is 6.07 Å². The second kappa shape index (κ2) is 7.61. The molecule has 0 amide bonds. The van der Waals surface area contributed by atoms with E-state index in [0.717, 1.165) is 13.0 Å². The van der Waals surface area contributed by atoms with Crippen LogP contribution >= 0.6 is 15.9 Å². The van der Waals surface area contributed by atoms with Gasteiger partial charge in [-0.05, 0) is 54.5 Å². The second-order valence-corrected chi connectivity index (χ2v) is 6.43. The van der Waals surface area contributed by atoms with Gasteiger partial charge in [0.2, 0.25) is 0 Å². The molecule has 1 rings (SSSR count). The van der Waals surface area contributed by atoms with Gasteiger partial charge in [0.15, 0.2) is 5.82 Å². The van der Waals surface area contributed by atoms with Crippen LogP contribution in [0, 0.1) is 23.1 Å². The summed E-state index contributed by atoms with van der Waals surface area (Å²) in [5, 5.41) is 12.1. The summed E-state index contributed by atoms with van der Waals surface area (Å²) in [6.07, 6.45) is 0.954. The normalized spacial score (nSPS) is 12.6. The molecule has 0 saturated carbocycles. The summed E-state index contributed by atoms with van der Waals surface area (Å²) in [6, 6.07) is 5.37. The molecule has 0 aromatic heterocycles. The molecule has 0 aliphatic rings. The quantitative estimate of drug-likeness (QED) is 0.854. The number of hydrogen-bond acceptors (Lipinski definition) is 3. The third-order valence-corrected chi connectivity index (χ3v) is 3.68. The van der Waals surface area contributed by atoms with E-state index >= 15 is 0 Å². The molecular weight excluding hydrogens is 321 g/mol. The molecule has 0 fully saturated rings. The highest BCUT2D eigenvalue weighted by Gasteiger charge is 2.16. The van der Waals surface area contributed by atoms with E-state index in [4.69, 9.17) is 5.26 Å². The van der Waals surface area contributed by atoms with Crippen LogP contribution in [0.4, 0.5) is 10.1 Å². The van der Waals surface area contributed by atoms with Crippen LogP contribution < -0.4 is 5.32 Å². The number of rotatable bonds is 6. The van der Waals surface area contributed by atoms with Gasteiger partial charge in [-0.3, -0.25) is 0 Å². The summed E-state index contributed by atoms with van der Waals surface area (Å²) in [5.74, 6) is 0.119. The Morgan fingerprint density at radius 2 is 2.05 bits per heavy atom. The minimum Gasteiger partial charge on any atom is -0.379 e. The van der Waals surface area contributed by atoms with Crippen LogP contribution in [0.5, 0.6) is 0 Å². The Bertz CT molecular complexity index is 485. The minimum absolute atomic E-state index is 0.166. The van der Waals surface area contributed by atoms with Crippen molar-refractivity contribution >= 4 is 21.6 Å². The average Bonchev–Trinajstić information content (AvgIpc) is 2.33. The van der Waals surface area contributed by atoms with Gasteiger partial charge in [0.25, 0.3) is 0 Å². The van der Waals surface area contributed by atoms with Crippen molar-refractivity contribution in [2.75, 3.05) is 26.0 Å². The Hall–Kier alpha value is -1.12. The van der Waals surface area contributed by atoms with Crippen LogP contribution in [0.15, 0.2) is 16.6 Å². The number of hydrogen-bond donors (Lipinski definition) is 1. The number of nitrogens with one attached hydrogen (secondary N) is 1. The standard InChI is InChI=1S/C15H21BrFN3/c1-10(2)7-12(9-20(3)4)19-13-6-5-11(8-18)14(16)15(13)17/h5-6,10,12,19H,7,9H2,1-4H3. The molecule has 0 heterocycles. The number of nitriles is 1. The monoisotopic (exact) mass is 341 g/mol. The van der Waals surface area contributed by atoms with Gasteiger partial charge >= 0.3 is 0 Å². The maximum Gasteiger partial charge on any atom is 0.161 e. The van der Waals surface area contributed by atoms with Crippen molar-refractivity contribution in [2.24, 2.45) is 5.92 Å². The van der Waals surface area contributed by atoms with Crippen molar-refractivity contribution in [2.45, 2.75) is 26.3 Å². The average molecular weight is 342 g/mol. The molecule has 3 nitrogen and oxygen atoms in total. The summed E-state index contributed by atoms with van der Waals surface area (Å²) in [6.45, 7) is 5.13. The zero-order chi connectivity index (χ0) is 15.3. The van der Waals surface area contributed by atoms with Gasteiger partial charge in [-0.2, -0.15) is 5.26 Å². The number of anilines is 1. The summed E-state index contributed by atoms with van der Waals surface area (Å²) in [4.78, 5) is 2.08. The van der Waals surface area contributed by atoms with E-state index < -0.39 is 5.82 Å². The van der Waals surface area contributed by atoms with Crippen LogP contribution in [-0.4, -0.2) is 31.6 Å². The molecule has 1 unspecified atom stereocenters. The molecule has 0 aliphatic heterocycles. The lowest BCUT2D eigenvalue weighted by Gasteiger charge is -2.25. The first-order valence-corrected chi connectivity index (χ1v) is 7.43. The first-order chi connectivity index (χ1) is 9.35. The van der Waals surface area contributed by atoms with E-state index in [1.54, 1.807) is 12.1 Å². The predicted octanol–water partition coefficient (Wildman–Crippen LogP) is 3.85. The lowest BCUT2D eigenvalue weighted by Crippen LogP contribution is -2.33. The fraction of sp³-hybridized carbons (Fsp3) is 0.533. The summed E-state index contributed by atoms with van der Waals surface area (Å²) < 4.78 is 14.4. The fourth-order valence-corrected chi connectivity index (χ4v) is 2.59. The van der Waals surface area contributed by atoms with Gasteiger partial charge in [-0.1, -0.05) is 13.8 Å². The van der Waals surface area contributed by atoms with Crippen LogP contribution in [0.25, 0.3) is 0 Å². The molecular formula is C15H21BrFN3. The number of likely N-dealkylation sites (N-methyl/N-ethyl adjacent to an activating group) is 1. The van der Waals surface area contributed by atoms with E-state index in [0.29, 0.717) is 17.2 Å². The smallest absolute Gasteiger partial charge is 0.161 e. The van der Waals surface area contributed by atoms with Gasteiger partial charge in [0.05, 0.1) is 15.7 Å². The van der Waals surface area contributed by atoms with Crippen molar-refractivity contribution in [3.05, 3.63) is 28.0 Å². The first-order valence-electron chi connectivity index (χ1n) is 6.64. The minimum atomic E-state index is -0.406. The molecule has 5 heteroatoms. The molecule has 0 aliphatic carbocycles. The van der Waals surface area contributed by atoms with Crippen molar-refractivity contribution < 1.29 is 4.39 Å². The van der Waals surface area contributed by atoms with Gasteiger partial charge < -0.3 is 10.2 Å². The van der Waals surface area contributed by atoms with Gasteiger partial charge in [0, 0.05) is 12.6 Å². The molecule has 0 radical (unpaired) electrons. The fourth-order valence-electron chi connectivity index (χ4n) is 2.16. The molecule has 0 bridgehead atoms. The summed E-state index contributed by atoms with van der Waals surface area (Å²) >= 11 is 3.13. The molecule has 1 aromatic rings. The predicted molar refractivity (Wildman–Crippen MR) is 84.2 cm³/mol. The Balaban J connectivity index is 2.94. The Kier molecular flexibility index (Phi) is 6.44. The van der Waals surface area contributed by atoms with Crippen molar-refractivity contribution in [3.8, 4) is 6.07 Å².